The topological polar surface area (TPSA) is 74.8 Å². The number of carbonyl (C=O) groups is 2. The molecule has 0 aliphatic carbocycles. The van der Waals surface area contributed by atoms with E-state index in [9.17, 15) is 9.59 Å². The van der Waals surface area contributed by atoms with Gasteiger partial charge in [0.2, 0.25) is 6.41 Å². The molecule has 1 aromatic heterocycles. The summed E-state index contributed by atoms with van der Waals surface area (Å²) >= 11 is 0. The number of amides is 2. The molecule has 1 N–H and O–H groups in total. The number of aromatic nitrogens is 1. The van der Waals surface area contributed by atoms with Crippen LogP contribution in [0.25, 0.3) is 0 Å². The fraction of sp³-hybridized carbons (Fsp3) is 0.316. The van der Waals surface area contributed by atoms with E-state index in [1.165, 1.54) is 0 Å². The molecule has 1 aliphatic heterocycles. The van der Waals surface area contributed by atoms with Crippen LogP contribution >= 0.6 is 0 Å². The molecule has 7 heteroatoms. The van der Waals surface area contributed by atoms with Gasteiger partial charge in [-0.2, -0.15) is 0 Å². The number of anilines is 1. The normalized spacial score (nSPS) is 14.0. The summed E-state index contributed by atoms with van der Waals surface area (Å²) in [7, 11) is 1.64. The second-order valence-electron chi connectivity index (χ2n) is 6.07. The van der Waals surface area contributed by atoms with E-state index in [2.05, 4.69) is 10.3 Å². The van der Waals surface area contributed by atoms with Crippen LogP contribution in [0.15, 0.2) is 42.6 Å². The average molecular weight is 354 g/mol. The lowest BCUT2D eigenvalue weighted by atomic mass is 10.2. The first-order valence-electron chi connectivity index (χ1n) is 8.51. The highest BCUT2D eigenvalue weighted by Crippen LogP contribution is 2.14. The summed E-state index contributed by atoms with van der Waals surface area (Å²) in [5.74, 6) is 1.48. The van der Waals surface area contributed by atoms with E-state index in [-0.39, 0.29) is 5.91 Å². The van der Waals surface area contributed by atoms with Crippen LogP contribution in [0, 0.1) is 0 Å². The summed E-state index contributed by atoms with van der Waals surface area (Å²) in [5.41, 5.74) is 1.67. The lowest BCUT2D eigenvalue weighted by molar-refractivity contribution is -0.119. The Morgan fingerprint density at radius 2 is 1.88 bits per heavy atom. The Balaban J connectivity index is 1.54. The van der Waals surface area contributed by atoms with Crippen molar-refractivity contribution in [2.24, 2.45) is 0 Å². The molecule has 1 aliphatic rings. The summed E-state index contributed by atoms with van der Waals surface area (Å²) in [6.07, 6.45) is 2.41. The lowest BCUT2D eigenvalue weighted by Crippen LogP contribution is -2.48. The van der Waals surface area contributed by atoms with Crippen LogP contribution < -0.4 is 10.1 Å². The fourth-order valence-corrected chi connectivity index (χ4v) is 2.77. The largest absolute Gasteiger partial charge is 0.497 e. The average Bonchev–Trinajstić information content (AvgIpc) is 2.72. The third kappa shape index (κ3) is 4.30. The van der Waals surface area contributed by atoms with E-state index in [1.54, 1.807) is 35.2 Å². The first-order valence-corrected chi connectivity index (χ1v) is 8.51. The van der Waals surface area contributed by atoms with Gasteiger partial charge in [0.25, 0.3) is 5.91 Å². The molecule has 0 atom stereocenters. The number of nitrogens with zero attached hydrogens (tertiary/aromatic N) is 3. The maximum Gasteiger partial charge on any atom is 0.255 e. The monoisotopic (exact) mass is 354 g/mol. The number of nitrogens with one attached hydrogen (secondary N) is 1. The van der Waals surface area contributed by atoms with Crippen LogP contribution in [0.2, 0.25) is 0 Å². The van der Waals surface area contributed by atoms with E-state index in [0.29, 0.717) is 44.1 Å². The van der Waals surface area contributed by atoms with Gasteiger partial charge in [-0.25, -0.2) is 4.98 Å². The summed E-state index contributed by atoms with van der Waals surface area (Å²) in [4.78, 5) is 31.0. The van der Waals surface area contributed by atoms with Crippen LogP contribution in [0.3, 0.4) is 0 Å². The smallest absolute Gasteiger partial charge is 0.255 e. The molecule has 0 radical (unpaired) electrons. The molecule has 0 spiro atoms. The van der Waals surface area contributed by atoms with Gasteiger partial charge in [-0.3, -0.25) is 9.59 Å². The van der Waals surface area contributed by atoms with Crippen molar-refractivity contribution in [3.05, 3.63) is 53.7 Å². The SMILES string of the molecule is COc1ccc(CNc2ccc(C(=O)N3CCN(C=O)CC3)cn2)cc1. The van der Waals surface area contributed by atoms with Crippen molar-refractivity contribution < 1.29 is 14.3 Å². The van der Waals surface area contributed by atoms with Crippen LogP contribution in [0.5, 0.6) is 5.75 Å². The summed E-state index contributed by atoms with van der Waals surface area (Å²) in [6.45, 7) is 2.89. The maximum absolute atomic E-state index is 12.5. The molecule has 3 rings (SSSR count). The van der Waals surface area contributed by atoms with Crippen molar-refractivity contribution in [1.29, 1.82) is 0 Å². The van der Waals surface area contributed by atoms with Crippen LogP contribution in [-0.2, 0) is 11.3 Å². The van der Waals surface area contributed by atoms with Crippen LogP contribution in [0.4, 0.5) is 5.82 Å². The van der Waals surface area contributed by atoms with E-state index in [0.717, 1.165) is 17.7 Å². The Kier molecular flexibility index (Phi) is 5.68. The molecule has 0 saturated carbocycles. The number of benzene rings is 1. The Morgan fingerprint density at radius 1 is 1.15 bits per heavy atom. The molecule has 136 valence electrons. The number of ether oxygens (including phenoxy) is 1. The van der Waals surface area contributed by atoms with Crippen molar-refractivity contribution in [3.63, 3.8) is 0 Å². The second-order valence-corrected chi connectivity index (χ2v) is 6.07. The number of hydrogen-bond donors (Lipinski definition) is 1. The minimum atomic E-state index is -0.0512. The van der Waals surface area contributed by atoms with Crippen molar-refractivity contribution in [3.8, 4) is 5.75 Å². The molecule has 26 heavy (non-hydrogen) atoms. The lowest BCUT2D eigenvalue weighted by Gasteiger charge is -2.32. The first kappa shape index (κ1) is 17.7. The molecule has 0 bridgehead atoms. The highest BCUT2D eigenvalue weighted by Gasteiger charge is 2.21. The predicted molar refractivity (Wildman–Crippen MR) is 98.1 cm³/mol. The minimum Gasteiger partial charge on any atom is -0.497 e. The maximum atomic E-state index is 12.5. The standard InChI is InChI=1S/C19H22N4O3/c1-26-17-5-2-15(3-6-17)12-20-18-7-4-16(13-21-18)19(25)23-10-8-22(14-24)9-11-23/h2-7,13-14H,8-12H2,1H3,(H,20,21). The third-order valence-corrected chi connectivity index (χ3v) is 4.39. The number of pyridine rings is 1. The van der Waals surface area contributed by atoms with Gasteiger partial charge in [0.05, 0.1) is 12.7 Å². The van der Waals surface area contributed by atoms with Gasteiger partial charge >= 0.3 is 0 Å². The van der Waals surface area contributed by atoms with Gasteiger partial charge < -0.3 is 19.9 Å². The van der Waals surface area contributed by atoms with Crippen LogP contribution in [-0.4, -0.2) is 60.4 Å². The predicted octanol–water partition coefficient (Wildman–Crippen LogP) is 1.62. The van der Waals surface area contributed by atoms with E-state index < -0.39 is 0 Å². The van der Waals surface area contributed by atoms with Crippen molar-refractivity contribution in [1.82, 2.24) is 14.8 Å². The fourth-order valence-electron chi connectivity index (χ4n) is 2.77. The van der Waals surface area contributed by atoms with Gasteiger partial charge in [-0.05, 0) is 29.8 Å². The molecule has 2 heterocycles. The molecule has 1 aromatic carbocycles. The molecule has 2 aromatic rings. The molecule has 7 nitrogen and oxygen atoms in total. The Hall–Kier alpha value is -3.09. The number of hydrogen-bond acceptors (Lipinski definition) is 5. The number of carbonyl (C=O) groups excluding carboxylic acids is 2. The Bertz CT molecular complexity index is 738. The second kappa shape index (κ2) is 8.33. The van der Waals surface area contributed by atoms with Gasteiger partial charge in [0.1, 0.15) is 11.6 Å². The van der Waals surface area contributed by atoms with E-state index in [1.807, 2.05) is 24.3 Å². The highest BCUT2D eigenvalue weighted by atomic mass is 16.5. The van der Waals surface area contributed by atoms with Crippen molar-refractivity contribution >= 4 is 18.1 Å². The first-order chi connectivity index (χ1) is 12.7. The summed E-state index contributed by atoms with van der Waals surface area (Å²) < 4.78 is 5.14. The zero-order chi connectivity index (χ0) is 18.4. The van der Waals surface area contributed by atoms with E-state index >= 15 is 0 Å². The van der Waals surface area contributed by atoms with Crippen LogP contribution in [0.1, 0.15) is 15.9 Å². The quantitative estimate of drug-likeness (QED) is 0.798. The zero-order valence-electron chi connectivity index (χ0n) is 14.7. The summed E-state index contributed by atoms with van der Waals surface area (Å²) in [5, 5.41) is 3.24. The van der Waals surface area contributed by atoms with Crippen molar-refractivity contribution in [2.75, 3.05) is 38.6 Å². The van der Waals surface area contributed by atoms with E-state index in [4.69, 9.17) is 4.74 Å². The van der Waals surface area contributed by atoms with Gasteiger partial charge in [-0.1, -0.05) is 12.1 Å². The molecular weight excluding hydrogens is 332 g/mol. The molecule has 1 fully saturated rings. The Labute approximate surface area is 152 Å². The number of rotatable bonds is 6. The van der Waals surface area contributed by atoms with Gasteiger partial charge in [0, 0.05) is 38.9 Å². The molecular formula is C19H22N4O3. The van der Waals surface area contributed by atoms with Gasteiger partial charge in [0.15, 0.2) is 0 Å². The number of methoxy groups -OCH3 is 1. The highest BCUT2D eigenvalue weighted by molar-refractivity contribution is 5.94. The zero-order valence-corrected chi connectivity index (χ0v) is 14.7. The molecule has 1 saturated heterocycles. The summed E-state index contributed by atoms with van der Waals surface area (Å²) in [6, 6.07) is 11.4. The Morgan fingerprint density at radius 3 is 2.46 bits per heavy atom. The molecule has 0 unspecified atom stereocenters. The number of piperazine rings is 1. The van der Waals surface area contributed by atoms with Gasteiger partial charge in [-0.15, -0.1) is 0 Å². The van der Waals surface area contributed by atoms with Crippen molar-refractivity contribution in [2.45, 2.75) is 6.54 Å². The third-order valence-electron chi connectivity index (χ3n) is 4.39. The minimum absolute atomic E-state index is 0.0512. The molecule has 2 amide bonds.